The second kappa shape index (κ2) is 5.25. The van der Waals surface area contributed by atoms with Crippen molar-refractivity contribution in [2.45, 2.75) is 6.42 Å². The maximum atomic E-state index is 8.29. The van der Waals surface area contributed by atoms with Crippen LogP contribution in [0.15, 0.2) is 48.5 Å². The van der Waals surface area contributed by atoms with Crippen molar-refractivity contribution < 1.29 is 4.74 Å². The molecule has 2 N–H and O–H groups in total. The van der Waals surface area contributed by atoms with Gasteiger partial charge < -0.3 is 15.0 Å². The molecule has 3 rings (SSSR count). The van der Waals surface area contributed by atoms with E-state index in [4.69, 9.17) is 10.1 Å². The molecule has 0 amide bonds. The van der Waals surface area contributed by atoms with Crippen LogP contribution in [-0.2, 0) is 6.42 Å². The predicted octanol–water partition coefficient (Wildman–Crippen LogP) is 3.10. The average molecular weight is 267 g/mol. The summed E-state index contributed by atoms with van der Waals surface area (Å²) >= 11 is 0. The van der Waals surface area contributed by atoms with Gasteiger partial charge in [-0.15, -0.1) is 0 Å². The number of rotatable bonds is 2. The van der Waals surface area contributed by atoms with Crippen LogP contribution in [0, 0.1) is 5.41 Å². The monoisotopic (exact) mass is 267 g/mol. The molecule has 102 valence electrons. The van der Waals surface area contributed by atoms with Crippen molar-refractivity contribution in [1.29, 1.82) is 5.41 Å². The number of para-hydroxylation sites is 3. The van der Waals surface area contributed by atoms with Crippen molar-refractivity contribution in [3.8, 4) is 5.75 Å². The maximum Gasteiger partial charge on any atom is 0.200 e. The Morgan fingerprint density at radius 2 is 1.90 bits per heavy atom. The fourth-order valence-corrected chi connectivity index (χ4v) is 2.51. The Morgan fingerprint density at radius 3 is 2.75 bits per heavy atom. The Hall–Kier alpha value is -2.49. The van der Waals surface area contributed by atoms with E-state index >= 15 is 0 Å². The average Bonchev–Trinajstić information content (AvgIpc) is 2.92. The molecule has 4 heteroatoms. The zero-order valence-electron chi connectivity index (χ0n) is 11.4. The lowest BCUT2D eigenvalue weighted by Gasteiger charge is -2.21. The third kappa shape index (κ3) is 2.20. The minimum atomic E-state index is 0.374. The number of benzene rings is 2. The van der Waals surface area contributed by atoms with Gasteiger partial charge in [0, 0.05) is 12.2 Å². The van der Waals surface area contributed by atoms with Gasteiger partial charge in [-0.25, -0.2) is 0 Å². The second-order valence-electron chi connectivity index (χ2n) is 4.70. The molecule has 4 nitrogen and oxygen atoms in total. The number of hydrogen-bond donors (Lipinski definition) is 2. The van der Waals surface area contributed by atoms with E-state index in [1.807, 2.05) is 41.3 Å². The van der Waals surface area contributed by atoms with Crippen molar-refractivity contribution in [3.05, 3.63) is 54.1 Å². The van der Waals surface area contributed by atoms with Crippen LogP contribution in [0.3, 0.4) is 0 Å². The minimum absolute atomic E-state index is 0.374. The van der Waals surface area contributed by atoms with E-state index in [1.165, 1.54) is 5.56 Å². The molecule has 0 fully saturated rings. The van der Waals surface area contributed by atoms with Crippen molar-refractivity contribution in [2.75, 3.05) is 23.9 Å². The number of ether oxygens (including phenoxy) is 1. The van der Waals surface area contributed by atoms with Crippen molar-refractivity contribution >= 4 is 17.3 Å². The number of nitrogens with one attached hydrogen (secondary N) is 2. The molecule has 0 aromatic heterocycles. The first-order chi connectivity index (χ1) is 9.79. The molecule has 0 bridgehead atoms. The molecule has 1 heterocycles. The van der Waals surface area contributed by atoms with E-state index in [0.717, 1.165) is 30.1 Å². The van der Waals surface area contributed by atoms with Gasteiger partial charge >= 0.3 is 0 Å². The van der Waals surface area contributed by atoms with Crippen molar-refractivity contribution in [3.63, 3.8) is 0 Å². The van der Waals surface area contributed by atoms with Crippen LogP contribution in [0.5, 0.6) is 5.75 Å². The van der Waals surface area contributed by atoms with E-state index in [9.17, 15) is 0 Å². The molecule has 1 aliphatic heterocycles. The molecule has 0 radical (unpaired) electrons. The standard InChI is InChI=1S/C16H17N3O/c1-20-15-9-5-3-7-13(15)18-16(17)19-11-10-12-6-2-4-8-14(12)19/h2-9H,10-11H2,1H3,(H2,17,18). The number of fused-ring (bicyclic) bond motifs is 1. The first-order valence-corrected chi connectivity index (χ1v) is 6.63. The first kappa shape index (κ1) is 12.5. The highest BCUT2D eigenvalue weighted by atomic mass is 16.5. The highest BCUT2D eigenvalue weighted by Crippen LogP contribution is 2.29. The fraction of sp³-hybridized carbons (Fsp3) is 0.188. The molecule has 0 saturated heterocycles. The lowest BCUT2D eigenvalue weighted by atomic mass is 10.2. The summed E-state index contributed by atoms with van der Waals surface area (Å²) < 4.78 is 5.30. The fourth-order valence-electron chi connectivity index (χ4n) is 2.51. The number of guanidine groups is 1. The molecular weight excluding hydrogens is 250 g/mol. The zero-order chi connectivity index (χ0) is 13.9. The number of hydrogen-bond acceptors (Lipinski definition) is 2. The summed E-state index contributed by atoms with van der Waals surface area (Å²) in [6.07, 6.45) is 0.978. The van der Waals surface area contributed by atoms with E-state index in [1.54, 1.807) is 7.11 Å². The maximum absolute atomic E-state index is 8.29. The Balaban J connectivity index is 1.81. The Morgan fingerprint density at radius 1 is 1.15 bits per heavy atom. The zero-order valence-corrected chi connectivity index (χ0v) is 11.4. The van der Waals surface area contributed by atoms with Crippen LogP contribution in [0.2, 0.25) is 0 Å². The third-order valence-corrected chi connectivity index (χ3v) is 3.52. The quantitative estimate of drug-likeness (QED) is 0.649. The van der Waals surface area contributed by atoms with Crippen LogP contribution in [-0.4, -0.2) is 19.6 Å². The number of methoxy groups -OCH3 is 1. The van der Waals surface area contributed by atoms with Crippen LogP contribution < -0.4 is 15.0 Å². The minimum Gasteiger partial charge on any atom is -0.495 e. The van der Waals surface area contributed by atoms with E-state index < -0.39 is 0 Å². The number of anilines is 2. The van der Waals surface area contributed by atoms with Gasteiger partial charge in [0.15, 0.2) is 5.96 Å². The van der Waals surface area contributed by atoms with Crippen LogP contribution in [0.1, 0.15) is 5.56 Å². The molecular formula is C16H17N3O. The van der Waals surface area contributed by atoms with Gasteiger partial charge in [-0.1, -0.05) is 30.3 Å². The van der Waals surface area contributed by atoms with Crippen LogP contribution in [0.25, 0.3) is 0 Å². The van der Waals surface area contributed by atoms with Gasteiger partial charge in [0.05, 0.1) is 12.8 Å². The van der Waals surface area contributed by atoms with Crippen LogP contribution >= 0.6 is 0 Å². The summed E-state index contributed by atoms with van der Waals surface area (Å²) in [6.45, 7) is 0.834. The van der Waals surface area contributed by atoms with Gasteiger partial charge in [-0.3, -0.25) is 5.41 Å². The van der Waals surface area contributed by atoms with Crippen LogP contribution in [0.4, 0.5) is 11.4 Å². The topological polar surface area (TPSA) is 48.4 Å². The molecule has 1 aliphatic rings. The molecule has 0 saturated carbocycles. The Labute approximate surface area is 118 Å². The molecule has 20 heavy (non-hydrogen) atoms. The third-order valence-electron chi connectivity index (χ3n) is 3.52. The smallest absolute Gasteiger partial charge is 0.200 e. The lowest BCUT2D eigenvalue weighted by molar-refractivity contribution is 0.417. The Kier molecular flexibility index (Phi) is 3.29. The van der Waals surface area contributed by atoms with Gasteiger partial charge in [0.25, 0.3) is 0 Å². The normalized spacial score (nSPS) is 12.9. The predicted molar refractivity (Wildman–Crippen MR) is 81.8 cm³/mol. The molecule has 0 atom stereocenters. The molecule has 0 spiro atoms. The summed E-state index contributed by atoms with van der Waals surface area (Å²) in [5.41, 5.74) is 3.21. The second-order valence-corrected chi connectivity index (χ2v) is 4.70. The van der Waals surface area contributed by atoms with E-state index in [0.29, 0.717) is 5.96 Å². The number of nitrogens with zero attached hydrogens (tertiary/aromatic N) is 1. The highest BCUT2D eigenvalue weighted by Gasteiger charge is 2.22. The molecule has 2 aromatic carbocycles. The summed E-state index contributed by atoms with van der Waals surface area (Å²) in [4.78, 5) is 1.99. The summed E-state index contributed by atoms with van der Waals surface area (Å²) in [7, 11) is 1.63. The van der Waals surface area contributed by atoms with Gasteiger partial charge in [0.2, 0.25) is 0 Å². The van der Waals surface area contributed by atoms with E-state index in [-0.39, 0.29) is 0 Å². The molecule has 2 aromatic rings. The summed E-state index contributed by atoms with van der Waals surface area (Å²) in [5, 5.41) is 11.4. The van der Waals surface area contributed by atoms with Gasteiger partial charge in [-0.2, -0.15) is 0 Å². The largest absolute Gasteiger partial charge is 0.495 e. The summed E-state index contributed by atoms with van der Waals surface area (Å²) in [6, 6.07) is 15.9. The van der Waals surface area contributed by atoms with Gasteiger partial charge in [-0.05, 0) is 30.2 Å². The summed E-state index contributed by atoms with van der Waals surface area (Å²) in [5.74, 6) is 1.11. The SMILES string of the molecule is COc1ccccc1NC(=N)N1CCc2ccccc21. The lowest BCUT2D eigenvalue weighted by Crippen LogP contribution is -2.34. The van der Waals surface area contributed by atoms with Crippen molar-refractivity contribution in [1.82, 2.24) is 0 Å². The van der Waals surface area contributed by atoms with E-state index in [2.05, 4.69) is 17.4 Å². The Bertz CT molecular complexity index is 639. The highest BCUT2D eigenvalue weighted by molar-refractivity contribution is 6.05. The van der Waals surface area contributed by atoms with Crippen molar-refractivity contribution in [2.24, 2.45) is 0 Å². The molecule has 0 aliphatic carbocycles. The van der Waals surface area contributed by atoms with Gasteiger partial charge in [0.1, 0.15) is 5.75 Å². The molecule has 0 unspecified atom stereocenters. The first-order valence-electron chi connectivity index (χ1n) is 6.63.